The van der Waals surface area contributed by atoms with Crippen LogP contribution in [0.2, 0.25) is 0 Å². The molecule has 1 aromatic rings. The summed E-state index contributed by atoms with van der Waals surface area (Å²) in [5.74, 6) is 0. The molecule has 1 heterocycles. The fourth-order valence-electron chi connectivity index (χ4n) is 0.846. The van der Waals surface area contributed by atoms with Crippen LogP contribution in [0.1, 0.15) is 19.0 Å². The number of rotatable bonds is 3. The molecule has 0 spiro atoms. The quantitative estimate of drug-likeness (QED) is 0.647. The molecule has 0 aromatic carbocycles. The van der Waals surface area contributed by atoms with Gasteiger partial charge in [-0.05, 0) is 24.8 Å². The molecule has 0 aliphatic rings. The summed E-state index contributed by atoms with van der Waals surface area (Å²) in [5.41, 5.74) is 1.09. The van der Waals surface area contributed by atoms with E-state index in [1.54, 1.807) is 11.8 Å². The Morgan fingerprint density at radius 1 is 1.36 bits per heavy atom. The van der Waals surface area contributed by atoms with Crippen LogP contribution >= 0.6 is 11.8 Å². The van der Waals surface area contributed by atoms with Crippen LogP contribution in [0.4, 0.5) is 0 Å². The molecule has 1 rings (SSSR count). The Morgan fingerprint density at radius 3 is 2.64 bits per heavy atom. The third-order valence-corrected chi connectivity index (χ3v) is 2.05. The molecule has 0 fully saturated rings. The molecule has 0 radical (unpaired) electrons. The van der Waals surface area contributed by atoms with Gasteiger partial charge in [-0.1, -0.05) is 13.3 Å². The van der Waals surface area contributed by atoms with Crippen LogP contribution in [0.3, 0.4) is 0 Å². The third kappa shape index (κ3) is 2.50. The second-order valence-electron chi connectivity index (χ2n) is 2.32. The van der Waals surface area contributed by atoms with Gasteiger partial charge in [-0.15, -0.1) is 16.9 Å². The minimum absolute atomic E-state index is 0.991. The lowest BCUT2D eigenvalue weighted by Gasteiger charge is -1.96. The van der Waals surface area contributed by atoms with Crippen LogP contribution in [0.25, 0.3) is 0 Å². The molecule has 1 aromatic heterocycles. The molecular weight excluding hydrogens is 156 g/mol. The molecule has 0 aliphatic carbocycles. The van der Waals surface area contributed by atoms with Crippen LogP contribution < -0.4 is 0 Å². The molecule has 11 heavy (non-hydrogen) atoms. The number of nitrogens with zero attached hydrogens (tertiary/aromatic N) is 2. The normalized spacial score (nSPS) is 10.0. The van der Waals surface area contributed by atoms with E-state index in [-0.39, 0.29) is 0 Å². The van der Waals surface area contributed by atoms with Gasteiger partial charge in [0.05, 0.1) is 5.69 Å². The minimum Gasteiger partial charge on any atom is -0.155 e. The molecule has 60 valence electrons. The van der Waals surface area contributed by atoms with Crippen LogP contribution in [0.5, 0.6) is 0 Å². The molecule has 0 atom stereocenters. The van der Waals surface area contributed by atoms with Gasteiger partial charge in [0.25, 0.3) is 0 Å². The summed E-state index contributed by atoms with van der Waals surface area (Å²) < 4.78 is 0. The predicted molar refractivity (Wildman–Crippen MR) is 47.8 cm³/mol. The van der Waals surface area contributed by atoms with Gasteiger partial charge in [-0.2, -0.15) is 5.10 Å². The summed E-state index contributed by atoms with van der Waals surface area (Å²) in [6, 6.07) is 4.06. The van der Waals surface area contributed by atoms with Crippen molar-refractivity contribution in [3.8, 4) is 0 Å². The van der Waals surface area contributed by atoms with Gasteiger partial charge in [0.1, 0.15) is 5.03 Å². The lowest BCUT2D eigenvalue weighted by atomic mass is 10.2. The Kier molecular flexibility index (Phi) is 3.36. The van der Waals surface area contributed by atoms with Crippen molar-refractivity contribution in [2.24, 2.45) is 0 Å². The number of aromatic nitrogens is 2. The summed E-state index contributed by atoms with van der Waals surface area (Å²) in [5, 5.41) is 9.09. The van der Waals surface area contributed by atoms with Crippen LogP contribution in [0, 0.1) is 0 Å². The third-order valence-electron chi connectivity index (χ3n) is 1.41. The summed E-state index contributed by atoms with van der Waals surface area (Å²) in [6.45, 7) is 2.14. The second kappa shape index (κ2) is 4.34. The summed E-state index contributed by atoms with van der Waals surface area (Å²) in [6.07, 6.45) is 4.17. The average molecular weight is 168 g/mol. The highest BCUT2D eigenvalue weighted by molar-refractivity contribution is 7.98. The van der Waals surface area contributed by atoms with Crippen molar-refractivity contribution >= 4 is 11.8 Å². The maximum Gasteiger partial charge on any atom is 0.119 e. The van der Waals surface area contributed by atoms with Gasteiger partial charge in [-0.25, -0.2) is 0 Å². The lowest BCUT2D eigenvalue weighted by Crippen LogP contribution is -1.92. The highest BCUT2D eigenvalue weighted by Crippen LogP contribution is 2.09. The van der Waals surface area contributed by atoms with Crippen molar-refractivity contribution < 1.29 is 0 Å². The zero-order chi connectivity index (χ0) is 8.10. The average Bonchev–Trinajstić information content (AvgIpc) is 2.07. The standard InChI is InChI=1S/C8H12N2S/c1-3-4-7-5-6-8(11-2)10-9-7/h5-6H,3-4H2,1-2H3. The molecule has 0 bridgehead atoms. The summed E-state index contributed by atoms with van der Waals surface area (Å²) in [4.78, 5) is 0. The van der Waals surface area contributed by atoms with Crippen LogP contribution in [-0.2, 0) is 6.42 Å². The summed E-state index contributed by atoms with van der Waals surface area (Å²) >= 11 is 1.62. The maximum atomic E-state index is 4.07. The topological polar surface area (TPSA) is 25.8 Å². The van der Waals surface area contributed by atoms with E-state index in [0.29, 0.717) is 0 Å². The molecule has 2 nitrogen and oxygen atoms in total. The van der Waals surface area contributed by atoms with E-state index in [0.717, 1.165) is 23.6 Å². The first-order valence-corrected chi connectivity index (χ1v) is 4.96. The van der Waals surface area contributed by atoms with Gasteiger partial charge in [0.15, 0.2) is 0 Å². The molecule has 0 N–H and O–H groups in total. The predicted octanol–water partition coefficient (Wildman–Crippen LogP) is 2.15. The fourth-order valence-corrected chi connectivity index (χ4v) is 1.17. The Balaban J connectivity index is 2.66. The molecule has 3 heteroatoms. The van der Waals surface area contributed by atoms with Crippen molar-refractivity contribution in [2.75, 3.05) is 6.26 Å². The molecule has 0 aliphatic heterocycles. The minimum atomic E-state index is 0.991. The highest BCUT2D eigenvalue weighted by atomic mass is 32.2. The molecule has 0 saturated heterocycles. The van der Waals surface area contributed by atoms with Gasteiger partial charge >= 0.3 is 0 Å². The van der Waals surface area contributed by atoms with E-state index in [4.69, 9.17) is 0 Å². The fraction of sp³-hybridized carbons (Fsp3) is 0.500. The second-order valence-corrected chi connectivity index (χ2v) is 3.14. The Morgan fingerprint density at radius 2 is 2.18 bits per heavy atom. The first kappa shape index (κ1) is 8.53. The number of hydrogen-bond donors (Lipinski definition) is 0. The number of aryl methyl sites for hydroxylation is 1. The Hall–Kier alpha value is -0.570. The Labute approximate surface area is 71.4 Å². The number of hydrogen-bond acceptors (Lipinski definition) is 3. The molecular formula is C8H12N2S. The van der Waals surface area contributed by atoms with E-state index < -0.39 is 0 Å². The van der Waals surface area contributed by atoms with E-state index in [2.05, 4.69) is 17.1 Å². The monoisotopic (exact) mass is 168 g/mol. The Bertz CT molecular complexity index is 208. The zero-order valence-corrected chi connectivity index (χ0v) is 7.69. The van der Waals surface area contributed by atoms with Crippen molar-refractivity contribution in [2.45, 2.75) is 24.8 Å². The largest absolute Gasteiger partial charge is 0.155 e. The van der Waals surface area contributed by atoms with Gasteiger partial charge < -0.3 is 0 Å². The van der Waals surface area contributed by atoms with Gasteiger partial charge in [0.2, 0.25) is 0 Å². The first-order chi connectivity index (χ1) is 5.36. The first-order valence-electron chi connectivity index (χ1n) is 3.73. The zero-order valence-electron chi connectivity index (χ0n) is 6.87. The molecule has 0 unspecified atom stereocenters. The summed E-state index contributed by atoms with van der Waals surface area (Å²) in [7, 11) is 0. The smallest absolute Gasteiger partial charge is 0.119 e. The van der Waals surface area contributed by atoms with E-state index in [9.17, 15) is 0 Å². The van der Waals surface area contributed by atoms with E-state index in [1.807, 2.05) is 18.4 Å². The van der Waals surface area contributed by atoms with E-state index in [1.165, 1.54) is 0 Å². The highest BCUT2D eigenvalue weighted by Gasteiger charge is 1.94. The van der Waals surface area contributed by atoms with Crippen molar-refractivity contribution in [1.29, 1.82) is 0 Å². The van der Waals surface area contributed by atoms with Gasteiger partial charge in [-0.3, -0.25) is 0 Å². The molecule has 0 amide bonds. The maximum absolute atomic E-state index is 4.07. The van der Waals surface area contributed by atoms with Gasteiger partial charge in [0, 0.05) is 0 Å². The van der Waals surface area contributed by atoms with E-state index >= 15 is 0 Å². The van der Waals surface area contributed by atoms with Crippen molar-refractivity contribution in [3.05, 3.63) is 17.8 Å². The van der Waals surface area contributed by atoms with Crippen molar-refractivity contribution in [3.63, 3.8) is 0 Å². The van der Waals surface area contributed by atoms with Crippen LogP contribution in [-0.4, -0.2) is 16.5 Å². The van der Waals surface area contributed by atoms with Crippen LogP contribution in [0.15, 0.2) is 17.2 Å². The molecule has 0 saturated carbocycles. The number of thioether (sulfide) groups is 1. The SMILES string of the molecule is CCCc1ccc(SC)nn1. The lowest BCUT2D eigenvalue weighted by molar-refractivity contribution is 0.808. The van der Waals surface area contributed by atoms with Crippen molar-refractivity contribution in [1.82, 2.24) is 10.2 Å².